The summed E-state index contributed by atoms with van der Waals surface area (Å²) in [5.74, 6) is 0.598. The number of sulfonamides is 1. The zero-order valence-corrected chi connectivity index (χ0v) is 25.7. The van der Waals surface area contributed by atoms with Crippen molar-refractivity contribution in [2.75, 3.05) is 53.1 Å². The SMILES string of the molecule is CNN(NC)C(=O)N1CCN(C(=O)C(Cc2cc3c(N)nccc3s2)NS(=O)(=O)c2ccc3ccc(OC)cc3c2)CC1. The Morgan fingerprint density at radius 1 is 1.02 bits per heavy atom. The van der Waals surface area contributed by atoms with E-state index in [4.69, 9.17) is 10.5 Å². The summed E-state index contributed by atoms with van der Waals surface area (Å²) >= 11 is 1.43. The van der Waals surface area contributed by atoms with E-state index in [1.807, 2.05) is 18.2 Å². The van der Waals surface area contributed by atoms with Crippen molar-refractivity contribution in [3.05, 3.63) is 59.6 Å². The number of ether oxygens (including phenoxy) is 1. The van der Waals surface area contributed by atoms with Gasteiger partial charge in [-0.1, -0.05) is 12.1 Å². The summed E-state index contributed by atoms with van der Waals surface area (Å²) in [6.07, 6.45) is 1.73. The van der Waals surface area contributed by atoms with Gasteiger partial charge in [0.05, 0.1) is 12.0 Å². The Bertz CT molecular complexity index is 1750. The van der Waals surface area contributed by atoms with E-state index in [1.54, 1.807) is 61.5 Å². The summed E-state index contributed by atoms with van der Waals surface area (Å²) in [7, 11) is 0.672. The van der Waals surface area contributed by atoms with Gasteiger partial charge in [-0.3, -0.25) is 4.79 Å². The van der Waals surface area contributed by atoms with Gasteiger partial charge in [-0.15, -0.1) is 11.3 Å². The number of aromatic nitrogens is 1. The van der Waals surface area contributed by atoms with Crippen LogP contribution in [0, 0.1) is 0 Å². The number of urea groups is 1. The molecule has 1 saturated heterocycles. The van der Waals surface area contributed by atoms with Crippen LogP contribution in [-0.2, 0) is 21.2 Å². The van der Waals surface area contributed by atoms with Crippen LogP contribution in [0.5, 0.6) is 5.75 Å². The van der Waals surface area contributed by atoms with Gasteiger partial charge in [0, 0.05) is 67.9 Å². The molecule has 5 rings (SSSR count). The molecule has 1 aliphatic rings. The molecule has 2 aromatic carbocycles. The van der Waals surface area contributed by atoms with Crippen LogP contribution < -0.4 is 26.0 Å². The number of hydrogen-bond acceptors (Lipinski definition) is 10. The van der Waals surface area contributed by atoms with Gasteiger partial charge in [-0.05, 0) is 47.2 Å². The van der Waals surface area contributed by atoms with Crippen LogP contribution in [-0.4, -0.2) is 93.7 Å². The zero-order chi connectivity index (χ0) is 30.7. The van der Waals surface area contributed by atoms with Crippen LogP contribution in [0.25, 0.3) is 20.9 Å². The molecule has 3 heterocycles. The van der Waals surface area contributed by atoms with Crippen molar-refractivity contribution in [1.82, 2.24) is 35.5 Å². The lowest BCUT2D eigenvalue weighted by molar-refractivity contribution is -0.134. The summed E-state index contributed by atoms with van der Waals surface area (Å²) in [5.41, 5.74) is 11.6. The average Bonchev–Trinajstić information content (AvgIpc) is 3.44. The maximum atomic E-state index is 13.9. The molecule has 0 radical (unpaired) electrons. The molecule has 4 aromatic rings. The van der Waals surface area contributed by atoms with Gasteiger partial charge in [0.1, 0.15) is 17.6 Å². The van der Waals surface area contributed by atoms with Crippen LogP contribution in [0.15, 0.2) is 59.6 Å². The Morgan fingerprint density at radius 3 is 2.40 bits per heavy atom. The number of nitrogen functional groups attached to an aromatic ring is 1. The highest BCUT2D eigenvalue weighted by Gasteiger charge is 2.33. The maximum Gasteiger partial charge on any atom is 0.349 e. The Hall–Kier alpha value is -4.02. The number of piperazine rings is 1. The second-order valence-electron chi connectivity index (χ2n) is 9.95. The second-order valence-corrected chi connectivity index (χ2v) is 12.8. The minimum atomic E-state index is -4.11. The second kappa shape index (κ2) is 12.7. The fourth-order valence-corrected chi connectivity index (χ4v) is 7.39. The van der Waals surface area contributed by atoms with Crippen molar-refractivity contribution >= 4 is 60.0 Å². The first-order chi connectivity index (χ1) is 20.6. The van der Waals surface area contributed by atoms with E-state index < -0.39 is 16.1 Å². The number of methoxy groups -OCH3 is 1. The topological polar surface area (TPSA) is 162 Å². The van der Waals surface area contributed by atoms with Crippen molar-refractivity contribution in [2.45, 2.75) is 17.4 Å². The number of carbonyl (C=O) groups is 2. The minimum Gasteiger partial charge on any atom is -0.497 e. The van der Waals surface area contributed by atoms with Crippen LogP contribution in [0.2, 0.25) is 0 Å². The summed E-state index contributed by atoms with van der Waals surface area (Å²) in [5, 5.41) is 3.54. The van der Waals surface area contributed by atoms with Crippen LogP contribution in [0.3, 0.4) is 0 Å². The number of amides is 3. The first-order valence-electron chi connectivity index (χ1n) is 13.6. The number of nitrogens with one attached hydrogen (secondary N) is 3. The number of hydrazine groups is 2. The zero-order valence-electron chi connectivity index (χ0n) is 24.0. The molecule has 5 N–H and O–H groups in total. The van der Waals surface area contributed by atoms with Crippen LogP contribution in [0.1, 0.15) is 4.88 Å². The van der Waals surface area contributed by atoms with E-state index >= 15 is 0 Å². The summed E-state index contributed by atoms with van der Waals surface area (Å²) in [6.45, 7) is 1.09. The molecule has 0 aliphatic carbocycles. The molecule has 0 saturated carbocycles. The van der Waals surface area contributed by atoms with Gasteiger partial charge >= 0.3 is 6.03 Å². The van der Waals surface area contributed by atoms with Crippen molar-refractivity contribution in [3.8, 4) is 5.75 Å². The predicted molar refractivity (Wildman–Crippen MR) is 166 cm³/mol. The lowest BCUT2D eigenvalue weighted by Crippen LogP contribution is -2.60. The molecule has 0 spiro atoms. The molecule has 43 heavy (non-hydrogen) atoms. The van der Waals surface area contributed by atoms with E-state index in [-0.39, 0.29) is 36.3 Å². The molecular formula is C28H34N8O5S2. The number of benzene rings is 2. The summed E-state index contributed by atoms with van der Waals surface area (Å²) in [4.78, 5) is 34.8. The number of hydrogen-bond donors (Lipinski definition) is 4. The number of thiophene rings is 1. The van der Waals surface area contributed by atoms with E-state index in [0.29, 0.717) is 30.0 Å². The number of nitrogens with two attached hydrogens (primary N) is 1. The largest absolute Gasteiger partial charge is 0.497 e. The van der Waals surface area contributed by atoms with Crippen LogP contribution in [0.4, 0.5) is 10.6 Å². The normalized spacial score (nSPS) is 14.7. The summed E-state index contributed by atoms with van der Waals surface area (Å²) in [6, 6.07) is 12.5. The predicted octanol–water partition coefficient (Wildman–Crippen LogP) is 1.76. The van der Waals surface area contributed by atoms with E-state index in [2.05, 4.69) is 20.6 Å². The lowest BCUT2D eigenvalue weighted by atomic mass is 10.1. The molecule has 15 heteroatoms. The first-order valence-corrected chi connectivity index (χ1v) is 15.9. The fourth-order valence-electron chi connectivity index (χ4n) is 5.05. The molecule has 1 atom stereocenters. The van der Waals surface area contributed by atoms with E-state index in [0.717, 1.165) is 20.3 Å². The van der Waals surface area contributed by atoms with Gasteiger partial charge in [0.2, 0.25) is 15.9 Å². The molecule has 1 aliphatic heterocycles. The molecule has 2 aromatic heterocycles. The fraction of sp³-hybridized carbons (Fsp3) is 0.321. The van der Waals surface area contributed by atoms with Crippen molar-refractivity contribution in [2.24, 2.45) is 0 Å². The standard InChI is InChI=1S/C28H34N8O5S2/c1-30-36(31-2)28(38)35-12-10-34(11-13-35)27(37)24(17-21-16-23-25(42-21)8-9-32-26(23)29)33-43(39,40)22-7-5-18-4-6-20(41-3)14-19(18)15-22/h4-9,14-16,24,30-31,33H,10-13,17H2,1-3H3,(H2,29,32). The Kier molecular flexibility index (Phi) is 8.98. The molecule has 228 valence electrons. The van der Waals surface area contributed by atoms with E-state index in [9.17, 15) is 18.0 Å². The third-order valence-electron chi connectivity index (χ3n) is 7.36. The van der Waals surface area contributed by atoms with Crippen molar-refractivity contribution < 1.29 is 22.7 Å². The highest BCUT2D eigenvalue weighted by molar-refractivity contribution is 7.89. The Balaban J connectivity index is 1.41. The van der Waals surface area contributed by atoms with Gasteiger partial charge < -0.3 is 20.3 Å². The third kappa shape index (κ3) is 6.50. The molecule has 0 bridgehead atoms. The smallest absolute Gasteiger partial charge is 0.349 e. The highest BCUT2D eigenvalue weighted by Crippen LogP contribution is 2.30. The summed E-state index contributed by atoms with van der Waals surface area (Å²) < 4.78 is 36.3. The van der Waals surface area contributed by atoms with Crippen molar-refractivity contribution in [3.63, 3.8) is 0 Å². The van der Waals surface area contributed by atoms with Gasteiger partial charge in [-0.2, -0.15) is 9.84 Å². The molecule has 13 nitrogen and oxygen atoms in total. The number of carbonyl (C=O) groups excluding carboxylic acids is 2. The highest BCUT2D eigenvalue weighted by atomic mass is 32.2. The Morgan fingerprint density at radius 2 is 1.72 bits per heavy atom. The molecule has 1 fully saturated rings. The number of anilines is 1. The number of fused-ring (bicyclic) bond motifs is 2. The Labute approximate surface area is 253 Å². The third-order valence-corrected chi connectivity index (χ3v) is 9.95. The van der Waals surface area contributed by atoms with Gasteiger partial charge in [-0.25, -0.2) is 29.0 Å². The number of pyridine rings is 1. The van der Waals surface area contributed by atoms with Crippen LogP contribution >= 0.6 is 11.3 Å². The lowest BCUT2D eigenvalue weighted by Gasteiger charge is -2.38. The quantitative estimate of drug-likeness (QED) is 0.203. The number of nitrogens with zero attached hydrogens (tertiary/aromatic N) is 4. The van der Waals surface area contributed by atoms with Crippen molar-refractivity contribution in [1.29, 1.82) is 0 Å². The number of rotatable bonds is 9. The monoisotopic (exact) mass is 626 g/mol. The van der Waals surface area contributed by atoms with Gasteiger partial charge in [0.15, 0.2) is 0 Å². The maximum absolute atomic E-state index is 13.9. The van der Waals surface area contributed by atoms with E-state index in [1.165, 1.54) is 22.5 Å². The average molecular weight is 627 g/mol. The first kappa shape index (κ1) is 30.4. The molecule has 1 unspecified atom stereocenters. The van der Waals surface area contributed by atoms with Gasteiger partial charge in [0.25, 0.3) is 0 Å². The molecular weight excluding hydrogens is 592 g/mol. The molecule has 3 amide bonds. The minimum absolute atomic E-state index is 0.0328.